The third kappa shape index (κ3) is 61.3. The maximum Gasteiger partial charge on any atom is 0.306 e. The molecule has 0 aromatic rings. The molecular weight excluding hydrogens is 925 g/mol. The van der Waals surface area contributed by atoms with Gasteiger partial charge in [0.05, 0.1) is 0 Å². The number of rotatable bonds is 58. The molecule has 0 N–H and O–H groups in total. The average Bonchev–Trinajstić information content (AvgIpc) is 3.41. The van der Waals surface area contributed by atoms with Gasteiger partial charge >= 0.3 is 17.9 Å². The van der Waals surface area contributed by atoms with Gasteiger partial charge in [0.1, 0.15) is 13.2 Å². The number of esters is 3. The van der Waals surface area contributed by atoms with Crippen molar-refractivity contribution in [3.05, 3.63) is 85.1 Å². The van der Waals surface area contributed by atoms with Gasteiger partial charge in [-0.1, -0.05) is 298 Å². The molecule has 0 aliphatic rings. The van der Waals surface area contributed by atoms with Crippen LogP contribution in [0.3, 0.4) is 0 Å². The molecule has 0 aliphatic carbocycles. The predicted octanol–water partition coefficient (Wildman–Crippen LogP) is 21.9. The molecule has 0 aromatic carbocycles. The van der Waals surface area contributed by atoms with E-state index in [0.717, 1.165) is 77.0 Å². The lowest BCUT2D eigenvalue weighted by Crippen LogP contribution is -2.30. The van der Waals surface area contributed by atoms with Gasteiger partial charge in [0, 0.05) is 19.3 Å². The van der Waals surface area contributed by atoms with Gasteiger partial charge in [-0.25, -0.2) is 0 Å². The normalized spacial score (nSPS) is 12.6. The fourth-order valence-corrected chi connectivity index (χ4v) is 9.11. The number of hydrogen-bond acceptors (Lipinski definition) is 6. The highest BCUT2D eigenvalue weighted by Gasteiger charge is 2.19. The zero-order valence-corrected chi connectivity index (χ0v) is 49.6. The Morgan fingerprint density at radius 2 is 0.547 bits per heavy atom. The second-order valence-corrected chi connectivity index (χ2v) is 21.3. The molecule has 0 bridgehead atoms. The highest BCUT2D eigenvalue weighted by molar-refractivity contribution is 5.71. The van der Waals surface area contributed by atoms with Crippen LogP contribution in [0.15, 0.2) is 85.1 Å². The quantitative estimate of drug-likeness (QED) is 0.0261. The third-order valence-electron chi connectivity index (χ3n) is 13.9. The number of unbranched alkanes of at least 4 members (excludes halogenated alkanes) is 33. The van der Waals surface area contributed by atoms with E-state index in [2.05, 4.69) is 99.8 Å². The van der Waals surface area contributed by atoms with E-state index >= 15 is 0 Å². The molecule has 0 saturated carbocycles. The summed E-state index contributed by atoms with van der Waals surface area (Å²) in [5, 5.41) is 0. The number of hydrogen-bond donors (Lipinski definition) is 0. The molecule has 0 aromatic heterocycles. The van der Waals surface area contributed by atoms with Crippen molar-refractivity contribution in [2.45, 2.75) is 322 Å². The maximum absolute atomic E-state index is 12.9. The summed E-state index contributed by atoms with van der Waals surface area (Å²) in [6, 6.07) is 0. The summed E-state index contributed by atoms with van der Waals surface area (Å²) in [6.07, 6.45) is 83.1. The van der Waals surface area contributed by atoms with Gasteiger partial charge in [-0.3, -0.25) is 14.4 Å². The zero-order valence-electron chi connectivity index (χ0n) is 49.6. The molecule has 432 valence electrons. The lowest BCUT2D eigenvalue weighted by Gasteiger charge is -2.18. The van der Waals surface area contributed by atoms with Gasteiger partial charge in [-0.2, -0.15) is 0 Å². The maximum atomic E-state index is 12.9. The number of ether oxygens (including phenoxy) is 3. The standard InChI is InChI=1S/C69H120O6/c1-4-7-10-13-16-19-22-25-28-31-33-34-36-39-42-45-48-51-54-57-60-63-69(72)75-66(64-73-67(70)61-58-55-52-49-46-43-40-37-30-27-24-21-18-15-12-9-6-3)65-74-68(71)62-59-56-53-50-47-44-41-38-35-32-29-26-23-20-17-14-11-8-5-2/h8,11,17,20,25-26,28-29,35,38,44,47,53,56,66H,4-7,9-10,12-16,18-19,21-24,27,30-34,36-37,39-43,45-46,48-52,54-55,57-65H2,1-3H3/b11-8-,20-17-,28-25-,29-26-,38-35-,47-44-,56-53-/t66-/m0/s1. The molecule has 0 saturated heterocycles. The lowest BCUT2D eigenvalue weighted by atomic mass is 10.0. The fraction of sp³-hybridized carbons (Fsp3) is 0.754. The Morgan fingerprint density at radius 3 is 0.893 bits per heavy atom. The van der Waals surface area contributed by atoms with Crippen molar-refractivity contribution in [3.8, 4) is 0 Å². The molecule has 0 heterocycles. The molecular formula is C69H120O6. The van der Waals surface area contributed by atoms with Gasteiger partial charge in [0.15, 0.2) is 6.10 Å². The summed E-state index contributed by atoms with van der Waals surface area (Å²) in [6.45, 7) is 6.50. The van der Waals surface area contributed by atoms with Crippen LogP contribution in [0.1, 0.15) is 316 Å². The van der Waals surface area contributed by atoms with E-state index in [-0.39, 0.29) is 37.5 Å². The number of carbonyl (C=O) groups is 3. The number of allylic oxidation sites excluding steroid dienone is 14. The zero-order chi connectivity index (χ0) is 54.3. The van der Waals surface area contributed by atoms with Crippen LogP contribution in [0.5, 0.6) is 0 Å². The number of carbonyl (C=O) groups excluding carboxylic acids is 3. The van der Waals surface area contributed by atoms with Crippen LogP contribution < -0.4 is 0 Å². The second kappa shape index (κ2) is 63.1. The van der Waals surface area contributed by atoms with Gasteiger partial charge in [0.25, 0.3) is 0 Å². The summed E-state index contributed by atoms with van der Waals surface area (Å²) in [7, 11) is 0. The van der Waals surface area contributed by atoms with E-state index in [9.17, 15) is 14.4 Å². The Balaban J connectivity index is 4.45. The van der Waals surface area contributed by atoms with E-state index < -0.39 is 6.10 Å². The molecule has 0 aliphatic heterocycles. The minimum Gasteiger partial charge on any atom is -0.462 e. The summed E-state index contributed by atoms with van der Waals surface area (Å²) in [4.78, 5) is 38.3. The Hall–Kier alpha value is -3.41. The van der Waals surface area contributed by atoms with E-state index in [1.165, 1.54) is 193 Å². The van der Waals surface area contributed by atoms with Crippen molar-refractivity contribution in [1.29, 1.82) is 0 Å². The first kappa shape index (κ1) is 71.6. The topological polar surface area (TPSA) is 78.9 Å². The van der Waals surface area contributed by atoms with Crippen LogP contribution in [0.4, 0.5) is 0 Å². The molecule has 0 radical (unpaired) electrons. The van der Waals surface area contributed by atoms with E-state index in [4.69, 9.17) is 14.2 Å². The van der Waals surface area contributed by atoms with Crippen molar-refractivity contribution < 1.29 is 28.6 Å². The molecule has 6 nitrogen and oxygen atoms in total. The van der Waals surface area contributed by atoms with Crippen LogP contribution >= 0.6 is 0 Å². The minimum absolute atomic E-state index is 0.0969. The van der Waals surface area contributed by atoms with Crippen LogP contribution in [0.2, 0.25) is 0 Å². The van der Waals surface area contributed by atoms with Gasteiger partial charge in [-0.15, -0.1) is 0 Å². The van der Waals surface area contributed by atoms with Crippen molar-refractivity contribution in [1.82, 2.24) is 0 Å². The Bertz CT molecular complexity index is 1430. The summed E-state index contributed by atoms with van der Waals surface area (Å²) in [5.41, 5.74) is 0. The first-order chi connectivity index (χ1) is 37.0. The highest BCUT2D eigenvalue weighted by Crippen LogP contribution is 2.17. The van der Waals surface area contributed by atoms with Gasteiger partial charge < -0.3 is 14.2 Å². The van der Waals surface area contributed by atoms with Gasteiger partial charge in [0.2, 0.25) is 0 Å². The summed E-state index contributed by atoms with van der Waals surface area (Å²) in [5.74, 6) is -0.971. The fourth-order valence-electron chi connectivity index (χ4n) is 9.11. The van der Waals surface area contributed by atoms with E-state index in [0.29, 0.717) is 19.3 Å². The van der Waals surface area contributed by atoms with E-state index in [1.54, 1.807) is 0 Å². The van der Waals surface area contributed by atoms with Crippen LogP contribution in [-0.4, -0.2) is 37.2 Å². The SMILES string of the molecule is CC/C=C\C/C=C\C/C=C\C/C=C\C/C=C\C/C=C\CCC(=O)OC[C@H](COC(=O)CCCCCCCCCCCCCCCCCCC)OC(=O)CCCCCCCCCCCCC/C=C\CCCCCCCC. The molecule has 6 heteroatoms. The monoisotopic (exact) mass is 1040 g/mol. The smallest absolute Gasteiger partial charge is 0.306 e. The Labute approximate surface area is 465 Å². The Kier molecular flexibility index (Phi) is 60.3. The molecule has 0 unspecified atom stereocenters. The largest absolute Gasteiger partial charge is 0.462 e. The van der Waals surface area contributed by atoms with Gasteiger partial charge in [-0.05, 0) is 83.5 Å². The molecule has 0 fully saturated rings. The summed E-state index contributed by atoms with van der Waals surface area (Å²) < 4.78 is 16.9. The van der Waals surface area contributed by atoms with Crippen molar-refractivity contribution in [2.75, 3.05) is 13.2 Å². The predicted molar refractivity (Wildman–Crippen MR) is 325 cm³/mol. The van der Waals surface area contributed by atoms with Crippen molar-refractivity contribution >= 4 is 17.9 Å². The molecule has 0 rings (SSSR count). The van der Waals surface area contributed by atoms with Crippen LogP contribution in [-0.2, 0) is 28.6 Å². The second-order valence-electron chi connectivity index (χ2n) is 21.3. The third-order valence-corrected chi connectivity index (χ3v) is 13.9. The average molecular weight is 1050 g/mol. The lowest BCUT2D eigenvalue weighted by molar-refractivity contribution is -0.166. The molecule has 75 heavy (non-hydrogen) atoms. The van der Waals surface area contributed by atoms with Crippen LogP contribution in [0, 0.1) is 0 Å². The molecule has 0 amide bonds. The molecule has 0 spiro atoms. The molecule has 1 atom stereocenters. The summed E-state index contributed by atoms with van der Waals surface area (Å²) >= 11 is 0. The Morgan fingerprint density at radius 1 is 0.280 bits per heavy atom. The minimum atomic E-state index is -0.807. The highest BCUT2D eigenvalue weighted by atomic mass is 16.6. The van der Waals surface area contributed by atoms with Crippen molar-refractivity contribution in [2.24, 2.45) is 0 Å². The van der Waals surface area contributed by atoms with E-state index in [1.807, 2.05) is 6.08 Å². The first-order valence-corrected chi connectivity index (χ1v) is 32.1. The first-order valence-electron chi connectivity index (χ1n) is 32.1. The van der Waals surface area contributed by atoms with Crippen LogP contribution in [0.25, 0.3) is 0 Å². The van der Waals surface area contributed by atoms with Crippen molar-refractivity contribution in [3.63, 3.8) is 0 Å².